The summed E-state index contributed by atoms with van der Waals surface area (Å²) in [6.07, 6.45) is 2.88. The molecule has 2 aromatic heterocycles. The van der Waals surface area contributed by atoms with E-state index in [-0.39, 0.29) is 16.3 Å². The number of aromatic nitrogens is 3. The molecule has 3 N–H and O–H groups in total. The number of likely N-dealkylation sites (N-methyl/N-ethyl adjacent to an activating group) is 1. The molecule has 0 unspecified atom stereocenters. The highest BCUT2D eigenvalue weighted by Crippen LogP contribution is 2.35. The Kier molecular flexibility index (Phi) is 5.51. The highest BCUT2D eigenvalue weighted by molar-refractivity contribution is 6.34. The molecule has 1 fully saturated rings. The Morgan fingerprint density at radius 2 is 1.88 bits per heavy atom. The topological polar surface area (TPSA) is 109 Å². The maximum absolute atomic E-state index is 13.3. The molecule has 33 heavy (non-hydrogen) atoms. The number of aryl methyl sites for hydroxylation is 1. The molecule has 0 radical (unpaired) electrons. The van der Waals surface area contributed by atoms with Gasteiger partial charge in [-0.05, 0) is 31.5 Å². The predicted octanol–water partition coefficient (Wildman–Crippen LogP) is 1.93. The van der Waals surface area contributed by atoms with Crippen molar-refractivity contribution in [1.29, 1.82) is 0 Å². The molecule has 0 atom stereocenters. The van der Waals surface area contributed by atoms with Gasteiger partial charge in [-0.2, -0.15) is 4.79 Å². The van der Waals surface area contributed by atoms with E-state index in [4.69, 9.17) is 17.3 Å². The van der Waals surface area contributed by atoms with Crippen molar-refractivity contribution >= 4 is 29.2 Å². The summed E-state index contributed by atoms with van der Waals surface area (Å²) in [4.78, 5) is 35.5. The minimum absolute atomic E-state index is 0.166. The van der Waals surface area contributed by atoms with Crippen molar-refractivity contribution in [2.75, 3.05) is 43.6 Å². The summed E-state index contributed by atoms with van der Waals surface area (Å²) < 4.78 is 0. The van der Waals surface area contributed by atoms with Gasteiger partial charge in [-0.25, -0.2) is 10.4 Å². The van der Waals surface area contributed by atoms with E-state index in [1.165, 1.54) is 11.0 Å². The van der Waals surface area contributed by atoms with E-state index < -0.39 is 11.8 Å². The summed E-state index contributed by atoms with van der Waals surface area (Å²) in [6, 6.07) is 9.56. The number of nitrogens with zero attached hydrogens (tertiary/aromatic N) is 5. The summed E-state index contributed by atoms with van der Waals surface area (Å²) >= 11 is 6.35. The molecule has 2 aliphatic rings. The Bertz CT molecular complexity index is 1250. The van der Waals surface area contributed by atoms with Crippen molar-refractivity contribution < 1.29 is 9.59 Å². The zero-order valence-electron chi connectivity index (χ0n) is 18.2. The summed E-state index contributed by atoms with van der Waals surface area (Å²) in [5, 5.41) is 4.58. The maximum Gasteiger partial charge on any atom is 0.273 e. The summed E-state index contributed by atoms with van der Waals surface area (Å²) in [5.74, 6) is -0.372. The molecule has 1 aliphatic heterocycles. The van der Waals surface area contributed by atoms with Crippen LogP contribution < -0.4 is 16.1 Å². The molecular weight excluding hydrogens is 442 g/mol. The van der Waals surface area contributed by atoms with Crippen molar-refractivity contribution in [1.82, 2.24) is 19.8 Å². The first-order valence-corrected chi connectivity index (χ1v) is 11.2. The second-order valence-electron chi connectivity index (χ2n) is 8.36. The molecule has 3 aromatic rings. The zero-order valence-corrected chi connectivity index (χ0v) is 19.0. The number of rotatable bonds is 4. The number of benzene rings is 1. The maximum atomic E-state index is 13.3. The molecule has 0 spiro atoms. The molecule has 170 valence electrons. The molecular formula is C23H24ClN7O2. The van der Waals surface area contributed by atoms with Crippen LogP contribution in [0.2, 0.25) is 5.02 Å². The van der Waals surface area contributed by atoms with Crippen molar-refractivity contribution in [3.05, 3.63) is 63.9 Å². The highest BCUT2D eigenvalue weighted by atomic mass is 35.5. The van der Waals surface area contributed by atoms with Gasteiger partial charge in [-0.15, -0.1) is 5.10 Å². The van der Waals surface area contributed by atoms with Gasteiger partial charge in [0.15, 0.2) is 5.69 Å². The van der Waals surface area contributed by atoms with E-state index >= 15 is 0 Å². The molecule has 1 saturated heterocycles. The van der Waals surface area contributed by atoms with Crippen LogP contribution in [0.3, 0.4) is 0 Å². The van der Waals surface area contributed by atoms with Gasteiger partial charge in [0.05, 0.1) is 16.3 Å². The number of hydrogen-bond donors (Lipinski definition) is 2. The number of amides is 2. The third-order valence-electron chi connectivity index (χ3n) is 6.25. The Labute approximate surface area is 196 Å². The first kappa shape index (κ1) is 21.4. The zero-order chi connectivity index (χ0) is 23.1. The second-order valence-corrected chi connectivity index (χ2v) is 8.77. The van der Waals surface area contributed by atoms with E-state index in [2.05, 4.69) is 32.4 Å². The Morgan fingerprint density at radius 3 is 2.64 bits per heavy atom. The summed E-state index contributed by atoms with van der Waals surface area (Å²) in [5.41, 5.74) is 12.3. The van der Waals surface area contributed by atoms with E-state index in [1.807, 2.05) is 24.3 Å². The number of primary amides is 1. The van der Waals surface area contributed by atoms with Crippen LogP contribution in [-0.4, -0.2) is 64.8 Å². The van der Waals surface area contributed by atoms with Crippen LogP contribution in [0.5, 0.6) is 0 Å². The van der Waals surface area contributed by atoms with Gasteiger partial charge in [-0.1, -0.05) is 35.9 Å². The van der Waals surface area contributed by atoms with E-state index in [0.29, 0.717) is 17.9 Å². The molecule has 1 aliphatic carbocycles. The Morgan fingerprint density at radius 1 is 1.12 bits per heavy atom. The van der Waals surface area contributed by atoms with Crippen LogP contribution >= 0.6 is 11.6 Å². The van der Waals surface area contributed by atoms with Crippen LogP contribution in [0.4, 0.5) is 5.82 Å². The first-order chi connectivity index (χ1) is 15.9. The van der Waals surface area contributed by atoms with E-state index in [1.54, 1.807) is 6.07 Å². The second kappa shape index (κ2) is 8.49. The van der Waals surface area contributed by atoms with Crippen LogP contribution in [0.25, 0.3) is 11.3 Å². The average molecular weight is 466 g/mol. The van der Waals surface area contributed by atoms with Crippen LogP contribution in [-0.2, 0) is 12.8 Å². The summed E-state index contributed by atoms with van der Waals surface area (Å²) in [6.45, 7) is 3.47. The Hall–Kier alpha value is -3.43. The molecule has 3 heterocycles. The van der Waals surface area contributed by atoms with Crippen molar-refractivity contribution in [2.24, 2.45) is 5.73 Å². The van der Waals surface area contributed by atoms with Gasteiger partial charge >= 0.3 is 0 Å². The van der Waals surface area contributed by atoms with Gasteiger partial charge in [0.25, 0.3) is 11.8 Å². The highest BCUT2D eigenvalue weighted by Gasteiger charge is 2.28. The number of pyridine rings is 1. The van der Waals surface area contributed by atoms with Crippen LogP contribution in [0.1, 0.15) is 32.0 Å². The Balaban J connectivity index is 1.49. The number of carbonyl (C=O) groups is 2. The van der Waals surface area contributed by atoms with E-state index in [0.717, 1.165) is 49.3 Å². The number of hydrogen-bond acceptors (Lipinski definition) is 6. The number of halogens is 1. The largest absolute Gasteiger partial charge is 0.364 e. The van der Waals surface area contributed by atoms with Crippen LogP contribution in [0.15, 0.2) is 36.5 Å². The predicted molar refractivity (Wildman–Crippen MR) is 126 cm³/mol. The van der Waals surface area contributed by atoms with Gasteiger partial charge in [0.1, 0.15) is 5.82 Å². The monoisotopic (exact) mass is 465 g/mol. The molecule has 2 amide bonds. The molecule has 0 saturated carbocycles. The fourth-order valence-electron chi connectivity index (χ4n) is 4.44. The lowest BCUT2D eigenvalue weighted by Gasteiger charge is -2.33. The number of carbonyl (C=O) groups excluding carboxylic acids is 2. The minimum Gasteiger partial charge on any atom is -0.364 e. The lowest BCUT2D eigenvalue weighted by atomic mass is 9.89. The fourth-order valence-corrected chi connectivity index (χ4v) is 4.63. The van der Waals surface area contributed by atoms with Gasteiger partial charge in [-0.3, -0.25) is 9.59 Å². The minimum atomic E-state index is -0.627. The standard InChI is InChI=1S/C23H24ClN7O2/c1-29-8-10-30(11-9-29)19-12-17(18(24)13-26-19)23(33)28-31-21-15-5-3-2-4-14(15)6-7-16(21)20(27-31)22(25)32/h2-5,12-13H,6-11H2,1H3,(H2,25,32)(H,28,33). The first-order valence-electron chi connectivity index (χ1n) is 10.8. The van der Waals surface area contributed by atoms with E-state index in [9.17, 15) is 9.59 Å². The number of nitrogens with two attached hydrogens (primary N) is 1. The third kappa shape index (κ3) is 3.94. The van der Waals surface area contributed by atoms with Crippen molar-refractivity contribution in [3.8, 4) is 11.3 Å². The molecule has 9 nitrogen and oxygen atoms in total. The van der Waals surface area contributed by atoms with Gasteiger partial charge < -0.3 is 15.5 Å². The van der Waals surface area contributed by atoms with Crippen molar-refractivity contribution in [3.63, 3.8) is 0 Å². The smallest absolute Gasteiger partial charge is 0.273 e. The van der Waals surface area contributed by atoms with Gasteiger partial charge in [0, 0.05) is 43.5 Å². The summed E-state index contributed by atoms with van der Waals surface area (Å²) in [7, 11) is 2.08. The number of piperazine rings is 1. The molecule has 0 bridgehead atoms. The van der Waals surface area contributed by atoms with Crippen molar-refractivity contribution in [2.45, 2.75) is 12.8 Å². The number of fused-ring (bicyclic) bond motifs is 3. The molecule has 5 rings (SSSR count). The molecule has 10 heteroatoms. The average Bonchev–Trinajstić information content (AvgIpc) is 3.19. The number of nitrogens with one attached hydrogen (secondary N) is 1. The SMILES string of the molecule is CN1CCN(c2cc(C(=O)Nn3nc(C(N)=O)c4c3-c3ccccc3CC4)c(Cl)cn2)CC1. The quantitative estimate of drug-likeness (QED) is 0.609. The lowest BCUT2D eigenvalue weighted by molar-refractivity contribution is 0.0983. The van der Waals surface area contributed by atoms with Gasteiger partial charge in [0.2, 0.25) is 0 Å². The lowest BCUT2D eigenvalue weighted by Crippen LogP contribution is -2.44. The third-order valence-corrected chi connectivity index (χ3v) is 6.56. The fraction of sp³-hybridized carbons (Fsp3) is 0.304. The van der Waals surface area contributed by atoms with Crippen LogP contribution in [0, 0.1) is 0 Å². The number of anilines is 1. The molecule has 1 aromatic carbocycles. The normalized spacial score (nSPS) is 15.6.